The fraction of sp³-hybridized carbons (Fsp3) is 0.500. The Bertz CT molecular complexity index is 1030. The van der Waals surface area contributed by atoms with E-state index < -0.39 is 0 Å². The van der Waals surface area contributed by atoms with Gasteiger partial charge in [0, 0.05) is 38.3 Å². The van der Waals surface area contributed by atoms with Gasteiger partial charge < -0.3 is 20.3 Å². The summed E-state index contributed by atoms with van der Waals surface area (Å²) in [7, 11) is 0. The van der Waals surface area contributed by atoms with Crippen LogP contribution >= 0.6 is 0 Å². The number of H-pyrrole nitrogens is 1. The van der Waals surface area contributed by atoms with Crippen LogP contribution in [-0.4, -0.2) is 56.4 Å². The lowest BCUT2D eigenvalue weighted by Crippen LogP contribution is -2.44. The Morgan fingerprint density at radius 2 is 2.13 bits per heavy atom. The molecule has 1 aliphatic carbocycles. The largest absolute Gasteiger partial charge is 0.476 e. The van der Waals surface area contributed by atoms with Gasteiger partial charge in [0.2, 0.25) is 17.7 Å². The number of amides is 1. The third-order valence-electron chi connectivity index (χ3n) is 5.54. The molecule has 30 heavy (non-hydrogen) atoms. The molecule has 0 unspecified atom stereocenters. The van der Waals surface area contributed by atoms with Gasteiger partial charge in [0.25, 0.3) is 0 Å². The van der Waals surface area contributed by atoms with E-state index in [1.165, 1.54) is 12.8 Å². The molecule has 10 nitrogen and oxygen atoms in total. The molecule has 2 aliphatic rings. The predicted molar refractivity (Wildman–Crippen MR) is 112 cm³/mol. The van der Waals surface area contributed by atoms with Gasteiger partial charge in [-0.2, -0.15) is 4.98 Å². The van der Waals surface area contributed by atoms with E-state index in [0.717, 1.165) is 43.9 Å². The van der Waals surface area contributed by atoms with Crippen molar-refractivity contribution >= 4 is 29.0 Å². The van der Waals surface area contributed by atoms with Gasteiger partial charge in [-0.1, -0.05) is 0 Å². The molecule has 0 aromatic carbocycles. The van der Waals surface area contributed by atoms with Crippen LogP contribution in [0.2, 0.25) is 0 Å². The molecule has 3 N–H and O–H groups in total. The molecule has 4 heterocycles. The molecule has 1 amide bonds. The van der Waals surface area contributed by atoms with Crippen molar-refractivity contribution in [2.45, 2.75) is 38.6 Å². The van der Waals surface area contributed by atoms with E-state index in [1.54, 1.807) is 6.92 Å². The molecule has 5 rings (SSSR count). The number of hydrogen-bond acceptors (Lipinski definition) is 7. The number of piperidine rings is 1. The topological polar surface area (TPSA) is 112 Å². The highest BCUT2D eigenvalue weighted by Crippen LogP contribution is 2.30. The van der Waals surface area contributed by atoms with E-state index in [-0.39, 0.29) is 11.9 Å². The summed E-state index contributed by atoms with van der Waals surface area (Å²) in [6.45, 7) is 3.87. The van der Waals surface area contributed by atoms with Gasteiger partial charge >= 0.3 is 0 Å². The van der Waals surface area contributed by atoms with Crippen molar-refractivity contribution in [3.05, 3.63) is 24.4 Å². The normalized spacial score (nSPS) is 17.3. The van der Waals surface area contributed by atoms with Crippen LogP contribution in [0.1, 0.15) is 32.6 Å². The van der Waals surface area contributed by atoms with E-state index >= 15 is 0 Å². The Morgan fingerprint density at radius 3 is 2.90 bits per heavy atom. The molecule has 1 saturated carbocycles. The van der Waals surface area contributed by atoms with Gasteiger partial charge in [0.05, 0.1) is 6.61 Å². The number of carbonyl (C=O) groups is 1. The van der Waals surface area contributed by atoms with Crippen LogP contribution in [0.3, 0.4) is 0 Å². The number of nitrogens with one attached hydrogen (secondary N) is 3. The summed E-state index contributed by atoms with van der Waals surface area (Å²) < 4.78 is 7.54. The molecule has 1 aliphatic heterocycles. The van der Waals surface area contributed by atoms with Gasteiger partial charge in [-0.15, -0.1) is 10.2 Å². The minimum absolute atomic E-state index is 0.0185. The van der Waals surface area contributed by atoms with Crippen LogP contribution in [0.25, 0.3) is 5.52 Å². The number of ether oxygens (including phenoxy) is 1. The van der Waals surface area contributed by atoms with E-state index in [0.29, 0.717) is 23.6 Å². The summed E-state index contributed by atoms with van der Waals surface area (Å²) in [4.78, 5) is 18.2. The zero-order chi connectivity index (χ0) is 20.5. The highest BCUT2D eigenvalue weighted by molar-refractivity contribution is 5.74. The molecule has 158 valence electrons. The SMILES string of the molecule is CC(=O)NC1CCN(c2nc(Nc3cc(OCC4CC4)n[nH]3)c3cccn3n2)CC1. The maximum absolute atomic E-state index is 11.3. The third-order valence-corrected chi connectivity index (χ3v) is 5.54. The first-order chi connectivity index (χ1) is 14.6. The lowest BCUT2D eigenvalue weighted by atomic mass is 10.1. The highest BCUT2D eigenvalue weighted by atomic mass is 16.5. The Labute approximate surface area is 174 Å². The molecule has 1 saturated heterocycles. The number of hydrogen-bond donors (Lipinski definition) is 3. The van der Waals surface area contributed by atoms with Gasteiger partial charge in [0.1, 0.15) is 11.3 Å². The minimum Gasteiger partial charge on any atom is -0.476 e. The lowest BCUT2D eigenvalue weighted by molar-refractivity contribution is -0.119. The molecule has 10 heteroatoms. The molecule has 3 aromatic heterocycles. The first-order valence-electron chi connectivity index (χ1n) is 10.5. The van der Waals surface area contributed by atoms with Crippen molar-refractivity contribution in [3.8, 4) is 5.88 Å². The summed E-state index contributed by atoms with van der Waals surface area (Å²) in [6.07, 6.45) is 6.14. The van der Waals surface area contributed by atoms with Crippen LogP contribution < -0.4 is 20.3 Å². The van der Waals surface area contributed by atoms with Crippen molar-refractivity contribution in [1.82, 2.24) is 30.1 Å². The maximum atomic E-state index is 11.3. The summed E-state index contributed by atoms with van der Waals surface area (Å²) in [5.41, 5.74) is 0.877. The van der Waals surface area contributed by atoms with Crippen molar-refractivity contribution in [2.24, 2.45) is 5.92 Å². The average Bonchev–Trinajstić information content (AvgIpc) is 3.25. The van der Waals surface area contributed by atoms with Gasteiger partial charge in [-0.25, -0.2) is 4.52 Å². The van der Waals surface area contributed by atoms with Gasteiger partial charge in [-0.3, -0.25) is 9.89 Å². The zero-order valence-corrected chi connectivity index (χ0v) is 17.0. The van der Waals surface area contributed by atoms with Crippen LogP contribution in [-0.2, 0) is 4.79 Å². The molecule has 0 atom stereocenters. The predicted octanol–water partition coefficient (Wildman–Crippen LogP) is 2.09. The number of aromatic amines is 1. The Balaban J connectivity index is 1.31. The van der Waals surface area contributed by atoms with E-state index in [2.05, 4.69) is 30.8 Å². The number of carbonyl (C=O) groups excluding carboxylic acids is 1. The monoisotopic (exact) mass is 410 g/mol. The Morgan fingerprint density at radius 1 is 1.30 bits per heavy atom. The number of anilines is 3. The summed E-state index contributed by atoms with van der Waals surface area (Å²) in [6, 6.07) is 5.98. The molecule has 3 aromatic rings. The average molecular weight is 410 g/mol. The third kappa shape index (κ3) is 4.17. The number of aromatic nitrogens is 5. The molecule has 0 spiro atoms. The fourth-order valence-corrected chi connectivity index (χ4v) is 3.72. The van der Waals surface area contributed by atoms with Crippen LogP contribution in [0.4, 0.5) is 17.6 Å². The van der Waals surface area contributed by atoms with Gasteiger partial charge in [-0.05, 0) is 43.7 Å². The van der Waals surface area contributed by atoms with Crippen molar-refractivity contribution < 1.29 is 9.53 Å². The van der Waals surface area contributed by atoms with Crippen molar-refractivity contribution in [2.75, 3.05) is 29.9 Å². The van der Waals surface area contributed by atoms with E-state index in [1.807, 2.05) is 28.9 Å². The summed E-state index contributed by atoms with van der Waals surface area (Å²) in [5, 5.41) is 18.2. The first-order valence-corrected chi connectivity index (χ1v) is 10.5. The Hall–Kier alpha value is -3.30. The number of rotatable bonds is 7. The number of nitrogens with zero attached hydrogens (tertiary/aromatic N) is 5. The molecular formula is C20H26N8O2. The van der Waals surface area contributed by atoms with Crippen LogP contribution in [0, 0.1) is 5.92 Å². The second-order valence-electron chi connectivity index (χ2n) is 8.06. The van der Waals surface area contributed by atoms with Gasteiger partial charge in [0.15, 0.2) is 5.82 Å². The molecule has 0 radical (unpaired) electrons. The first kappa shape index (κ1) is 18.7. The summed E-state index contributed by atoms with van der Waals surface area (Å²) >= 11 is 0. The lowest BCUT2D eigenvalue weighted by Gasteiger charge is -2.32. The quantitative estimate of drug-likeness (QED) is 0.547. The molecule has 2 fully saturated rings. The van der Waals surface area contributed by atoms with Crippen molar-refractivity contribution in [3.63, 3.8) is 0 Å². The zero-order valence-electron chi connectivity index (χ0n) is 17.0. The van der Waals surface area contributed by atoms with E-state index in [9.17, 15) is 4.79 Å². The summed E-state index contributed by atoms with van der Waals surface area (Å²) in [5.74, 6) is 3.37. The molecular weight excluding hydrogens is 384 g/mol. The second-order valence-corrected chi connectivity index (χ2v) is 8.06. The van der Waals surface area contributed by atoms with Crippen LogP contribution in [0.15, 0.2) is 24.4 Å². The number of fused-ring (bicyclic) bond motifs is 1. The smallest absolute Gasteiger partial charge is 0.245 e. The standard InChI is InChI=1S/C20H26N8O2/c1-13(29)21-15-6-9-27(10-7-15)20-23-19(16-3-2-8-28(16)26-20)22-17-11-18(25-24-17)30-12-14-4-5-14/h2-3,8,11,14-15H,4-7,9-10,12H2,1H3,(H,21,29)(H2,22,23,24,25,26). The fourth-order valence-electron chi connectivity index (χ4n) is 3.72. The van der Waals surface area contributed by atoms with E-state index in [4.69, 9.17) is 9.72 Å². The van der Waals surface area contributed by atoms with Crippen LogP contribution in [0.5, 0.6) is 5.88 Å². The Kier molecular flexibility index (Phi) is 4.89. The highest BCUT2D eigenvalue weighted by Gasteiger charge is 2.24. The maximum Gasteiger partial charge on any atom is 0.245 e. The minimum atomic E-state index is 0.0185. The second kappa shape index (κ2) is 7.85. The van der Waals surface area contributed by atoms with Crippen molar-refractivity contribution in [1.29, 1.82) is 0 Å². The molecule has 0 bridgehead atoms.